The number of hydrogen-bond donors (Lipinski definition) is 2. The van der Waals surface area contributed by atoms with Crippen molar-refractivity contribution < 1.29 is 19.7 Å². The summed E-state index contributed by atoms with van der Waals surface area (Å²) in [6, 6.07) is 3.48. The molecule has 0 fully saturated rings. The normalized spacial score (nSPS) is 12.2. The molecule has 0 saturated heterocycles. The van der Waals surface area contributed by atoms with Crippen LogP contribution in [0.4, 0.5) is 0 Å². The molecule has 1 aromatic rings. The highest BCUT2D eigenvalue weighted by atomic mass is 32.2. The van der Waals surface area contributed by atoms with Gasteiger partial charge >= 0.3 is 5.97 Å². The number of phenols is 1. The Bertz CT molecular complexity index is 403. The molecule has 1 aromatic carbocycles. The van der Waals surface area contributed by atoms with Crippen LogP contribution in [0.1, 0.15) is 17.2 Å². The molecule has 0 radical (unpaired) electrons. The predicted octanol–water partition coefficient (Wildman–Crippen LogP) is 1.63. The van der Waals surface area contributed by atoms with E-state index in [0.29, 0.717) is 10.5 Å². The molecular formula is C11H14O4S. The van der Waals surface area contributed by atoms with E-state index in [1.807, 2.05) is 0 Å². The average Bonchev–Trinajstić information content (AvgIpc) is 2.30. The van der Waals surface area contributed by atoms with Crippen molar-refractivity contribution in [3.05, 3.63) is 23.3 Å². The van der Waals surface area contributed by atoms with Crippen molar-refractivity contribution in [3.63, 3.8) is 0 Å². The number of aliphatic hydroxyl groups excluding tert-OH is 1. The monoisotopic (exact) mass is 242 g/mol. The van der Waals surface area contributed by atoms with Crippen LogP contribution in [0.15, 0.2) is 17.0 Å². The van der Waals surface area contributed by atoms with Gasteiger partial charge in [0.2, 0.25) is 0 Å². The third-order valence-corrected chi connectivity index (χ3v) is 3.09. The molecule has 0 bridgehead atoms. The minimum atomic E-state index is -1.45. The molecular weight excluding hydrogens is 228 g/mol. The smallest absolute Gasteiger partial charge is 0.339 e. The lowest BCUT2D eigenvalue weighted by molar-refractivity contribution is -0.150. The Morgan fingerprint density at radius 1 is 1.50 bits per heavy atom. The van der Waals surface area contributed by atoms with Gasteiger partial charge in [0, 0.05) is 10.5 Å². The highest BCUT2D eigenvalue weighted by Crippen LogP contribution is 2.36. The number of thioether (sulfide) groups is 1. The lowest BCUT2D eigenvalue weighted by Gasteiger charge is -2.15. The van der Waals surface area contributed by atoms with Gasteiger partial charge in [0.1, 0.15) is 5.75 Å². The SMILES string of the molecule is COC(=O)C(O)c1c(SC)ccc(C)c1O. The van der Waals surface area contributed by atoms with Crippen LogP contribution in [0.5, 0.6) is 5.75 Å². The van der Waals surface area contributed by atoms with E-state index < -0.39 is 12.1 Å². The highest BCUT2D eigenvalue weighted by molar-refractivity contribution is 7.98. The van der Waals surface area contributed by atoms with E-state index in [9.17, 15) is 15.0 Å². The number of methoxy groups -OCH3 is 1. The first kappa shape index (κ1) is 12.9. The number of carbonyl (C=O) groups excluding carboxylic acids is 1. The molecule has 1 unspecified atom stereocenters. The van der Waals surface area contributed by atoms with Crippen molar-refractivity contribution in [1.82, 2.24) is 0 Å². The first-order chi connectivity index (χ1) is 7.52. The van der Waals surface area contributed by atoms with Crippen molar-refractivity contribution in [2.24, 2.45) is 0 Å². The van der Waals surface area contributed by atoms with Crippen LogP contribution in [-0.2, 0) is 9.53 Å². The molecule has 1 rings (SSSR count). The van der Waals surface area contributed by atoms with Gasteiger partial charge in [0.15, 0.2) is 6.10 Å². The second-order valence-electron chi connectivity index (χ2n) is 3.27. The maximum Gasteiger partial charge on any atom is 0.339 e. The Morgan fingerprint density at radius 3 is 2.62 bits per heavy atom. The Hall–Kier alpha value is -1.20. The van der Waals surface area contributed by atoms with Gasteiger partial charge in [-0.25, -0.2) is 4.79 Å². The van der Waals surface area contributed by atoms with Crippen LogP contribution in [0.25, 0.3) is 0 Å². The van der Waals surface area contributed by atoms with Gasteiger partial charge < -0.3 is 14.9 Å². The second kappa shape index (κ2) is 5.23. The third kappa shape index (κ3) is 2.31. The van der Waals surface area contributed by atoms with E-state index in [1.165, 1.54) is 18.9 Å². The number of aryl methyl sites for hydroxylation is 1. The quantitative estimate of drug-likeness (QED) is 0.623. The number of rotatable bonds is 3. The maximum atomic E-state index is 11.3. The van der Waals surface area contributed by atoms with Crippen LogP contribution >= 0.6 is 11.8 Å². The number of phenolic OH excluding ortho intramolecular Hbond substituents is 1. The molecule has 0 spiro atoms. The molecule has 0 amide bonds. The number of hydrogen-bond acceptors (Lipinski definition) is 5. The van der Waals surface area contributed by atoms with Gasteiger partial charge in [0.25, 0.3) is 0 Å². The van der Waals surface area contributed by atoms with Crippen LogP contribution in [-0.4, -0.2) is 29.5 Å². The Kier molecular flexibility index (Phi) is 4.20. The van der Waals surface area contributed by atoms with Gasteiger partial charge in [-0.3, -0.25) is 0 Å². The molecule has 16 heavy (non-hydrogen) atoms. The zero-order chi connectivity index (χ0) is 12.3. The van der Waals surface area contributed by atoms with E-state index >= 15 is 0 Å². The molecule has 0 heterocycles. The lowest BCUT2D eigenvalue weighted by Crippen LogP contribution is -2.14. The van der Waals surface area contributed by atoms with Crippen LogP contribution < -0.4 is 0 Å². The molecule has 0 aliphatic carbocycles. The van der Waals surface area contributed by atoms with Crippen molar-refractivity contribution in [2.75, 3.05) is 13.4 Å². The molecule has 2 N–H and O–H groups in total. The molecule has 4 nitrogen and oxygen atoms in total. The number of carbonyl (C=O) groups is 1. The Morgan fingerprint density at radius 2 is 2.12 bits per heavy atom. The van der Waals surface area contributed by atoms with Gasteiger partial charge in [0.05, 0.1) is 7.11 Å². The largest absolute Gasteiger partial charge is 0.507 e. The summed E-state index contributed by atoms with van der Waals surface area (Å²) in [5.41, 5.74) is 0.815. The van der Waals surface area contributed by atoms with Crippen molar-refractivity contribution in [2.45, 2.75) is 17.9 Å². The van der Waals surface area contributed by atoms with Gasteiger partial charge in [-0.15, -0.1) is 11.8 Å². The fourth-order valence-electron chi connectivity index (χ4n) is 1.37. The standard InChI is InChI=1S/C11H14O4S/c1-6-4-5-7(16-3)8(9(6)12)10(13)11(14)15-2/h4-5,10,12-13H,1-3H3. The summed E-state index contributed by atoms with van der Waals surface area (Å²) in [7, 11) is 1.19. The van der Waals surface area contributed by atoms with E-state index in [1.54, 1.807) is 25.3 Å². The zero-order valence-electron chi connectivity index (χ0n) is 9.35. The molecule has 0 aliphatic heterocycles. The highest BCUT2D eigenvalue weighted by Gasteiger charge is 2.25. The van der Waals surface area contributed by atoms with E-state index in [-0.39, 0.29) is 11.3 Å². The second-order valence-corrected chi connectivity index (χ2v) is 4.12. The Balaban J connectivity index is 3.29. The van der Waals surface area contributed by atoms with Crippen molar-refractivity contribution in [1.29, 1.82) is 0 Å². The number of esters is 1. The number of ether oxygens (including phenoxy) is 1. The number of benzene rings is 1. The first-order valence-electron chi connectivity index (χ1n) is 4.65. The minimum absolute atomic E-state index is 0.0650. The first-order valence-corrected chi connectivity index (χ1v) is 5.87. The minimum Gasteiger partial charge on any atom is -0.507 e. The number of aliphatic hydroxyl groups is 1. The summed E-state index contributed by atoms with van der Waals surface area (Å²) in [4.78, 5) is 11.9. The fraction of sp³-hybridized carbons (Fsp3) is 0.364. The van der Waals surface area contributed by atoms with E-state index in [0.717, 1.165) is 0 Å². The van der Waals surface area contributed by atoms with Crippen LogP contribution in [0, 0.1) is 6.92 Å². The van der Waals surface area contributed by atoms with E-state index in [2.05, 4.69) is 4.74 Å². The summed E-state index contributed by atoms with van der Waals surface area (Å²) in [5, 5.41) is 19.6. The average molecular weight is 242 g/mol. The zero-order valence-corrected chi connectivity index (χ0v) is 10.2. The summed E-state index contributed by atoms with van der Waals surface area (Å²) < 4.78 is 4.45. The molecule has 1 atom stereocenters. The number of aromatic hydroxyl groups is 1. The predicted molar refractivity (Wildman–Crippen MR) is 61.6 cm³/mol. The van der Waals surface area contributed by atoms with Crippen LogP contribution in [0.2, 0.25) is 0 Å². The van der Waals surface area contributed by atoms with Gasteiger partial charge in [-0.05, 0) is 24.8 Å². The van der Waals surface area contributed by atoms with E-state index in [4.69, 9.17) is 0 Å². The summed E-state index contributed by atoms with van der Waals surface area (Å²) in [6.07, 6.45) is 0.352. The van der Waals surface area contributed by atoms with Gasteiger partial charge in [-0.2, -0.15) is 0 Å². The molecule has 0 saturated carbocycles. The van der Waals surface area contributed by atoms with Gasteiger partial charge in [-0.1, -0.05) is 6.07 Å². The molecule has 5 heteroatoms. The van der Waals surface area contributed by atoms with Crippen LogP contribution in [0.3, 0.4) is 0 Å². The van der Waals surface area contributed by atoms with Crippen molar-refractivity contribution >= 4 is 17.7 Å². The third-order valence-electron chi connectivity index (χ3n) is 2.30. The Labute approximate surface area is 98.2 Å². The lowest BCUT2D eigenvalue weighted by atomic mass is 10.0. The summed E-state index contributed by atoms with van der Waals surface area (Å²) in [6.45, 7) is 1.70. The fourth-order valence-corrected chi connectivity index (χ4v) is 2.00. The molecule has 0 aromatic heterocycles. The molecule has 0 aliphatic rings. The summed E-state index contributed by atoms with van der Waals surface area (Å²) >= 11 is 1.35. The summed E-state index contributed by atoms with van der Waals surface area (Å²) in [5.74, 6) is -0.846. The van der Waals surface area contributed by atoms with Crippen molar-refractivity contribution in [3.8, 4) is 5.75 Å². The molecule has 88 valence electrons. The topological polar surface area (TPSA) is 66.8 Å². The maximum absolute atomic E-state index is 11.3.